The molecule has 15 heteroatoms. The first kappa shape index (κ1) is 25.7. The Hall–Kier alpha value is -3.42. The van der Waals surface area contributed by atoms with Crippen molar-refractivity contribution in [2.45, 2.75) is 25.4 Å². The number of pyridine rings is 1. The van der Waals surface area contributed by atoms with Crippen LogP contribution in [-0.2, 0) is 6.18 Å². The number of alkyl halides is 3. The monoisotopic (exact) mass is 555 g/mol. The Morgan fingerprint density at radius 2 is 1.92 bits per heavy atom. The average Bonchev–Trinajstić information content (AvgIpc) is 3.52. The van der Waals surface area contributed by atoms with Crippen LogP contribution in [-0.4, -0.2) is 41.6 Å². The number of nitrogens with zero attached hydrogens (tertiary/aromatic N) is 5. The predicted octanol–water partition coefficient (Wildman–Crippen LogP) is 5.67. The molecule has 0 aromatic carbocycles. The largest absolute Gasteiger partial charge is 0.418 e. The van der Waals surface area contributed by atoms with Crippen molar-refractivity contribution < 1.29 is 22.8 Å². The summed E-state index contributed by atoms with van der Waals surface area (Å²) in [5, 5.41) is 2.23. The smallest absolute Gasteiger partial charge is 0.343 e. The number of rotatable bonds is 7. The molecule has 4 aromatic heterocycles. The molecule has 0 unspecified atom stereocenters. The SMILES string of the molecule is C[C@H](CC(=O)c1ncnc(-c2ncc[nH]2)c1Cl)c1ncc(C(=O)Nc2cc(C(F)(F)F)c(Cl)cn2)s1. The van der Waals surface area contributed by atoms with Crippen LogP contribution in [0.2, 0.25) is 10.0 Å². The number of nitrogens with one attached hydrogen (secondary N) is 2. The molecular formula is C21H14Cl2F3N7O2S. The van der Waals surface area contributed by atoms with Crippen LogP contribution in [0, 0.1) is 0 Å². The summed E-state index contributed by atoms with van der Waals surface area (Å²) in [5.41, 5.74) is -0.815. The maximum atomic E-state index is 13.0. The number of imidazole rings is 1. The van der Waals surface area contributed by atoms with Crippen molar-refractivity contribution >= 4 is 52.0 Å². The summed E-state index contributed by atoms with van der Waals surface area (Å²) in [6, 6.07) is 0.645. The number of aromatic amines is 1. The molecule has 2 N–H and O–H groups in total. The van der Waals surface area contributed by atoms with E-state index in [9.17, 15) is 22.8 Å². The molecule has 0 bridgehead atoms. The number of amides is 1. The van der Waals surface area contributed by atoms with E-state index in [-0.39, 0.29) is 39.3 Å². The van der Waals surface area contributed by atoms with Gasteiger partial charge in [-0.1, -0.05) is 30.1 Å². The van der Waals surface area contributed by atoms with E-state index in [0.29, 0.717) is 16.9 Å². The summed E-state index contributed by atoms with van der Waals surface area (Å²) < 4.78 is 39.1. The molecule has 4 rings (SSSR count). The number of carbonyl (C=O) groups is 2. The lowest BCUT2D eigenvalue weighted by molar-refractivity contribution is -0.137. The highest BCUT2D eigenvalue weighted by Crippen LogP contribution is 2.35. The van der Waals surface area contributed by atoms with Crippen LogP contribution in [0.3, 0.4) is 0 Å². The maximum absolute atomic E-state index is 13.0. The summed E-state index contributed by atoms with van der Waals surface area (Å²) in [4.78, 5) is 48.4. The molecule has 1 atom stereocenters. The van der Waals surface area contributed by atoms with E-state index in [0.717, 1.165) is 17.5 Å². The molecule has 0 aliphatic rings. The summed E-state index contributed by atoms with van der Waals surface area (Å²) in [6.07, 6.45) is 1.67. The van der Waals surface area contributed by atoms with Crippen LogP contribution in [0.25, 0.3) is 11.5 Å². The number of ketones is 1. The van der Waals surface area contributed by atoms with Crippen LogP contribution >= 0.6 is 34.5 Å². The highest BCUT2D eigenvalue weighted by molar-refractivity contribution is 7.13. The van der Waals surface area contributed by atoms with Crippen molar-refractivity contribution in [3.8, 4) is 11.5 Å². The first-order valence-electron chi connectivity index (χ1n) is 10.1. The Morgan fingerprint density at radius 1 is 1.14 bits per heavy atom. The van der Waals surface area contributed by atoms with Gasteiger partial charge in [-0.25, -0.2) is 24.9 Å². The second-order valence-corrected chi connectivity index (χ2v) is 9.26. The molecule has 0 aliphatic heterocycles. The molecule has 1 amide bonds. The third kappa shape index (κ3) is 5.53. The summed E-state index contributed by atoms with van der Waals surface area (Å²) in [6.45, 7) is 1.73. The number of anilines is 1. The zero-order chi connectivity index (χ0) is 26.0. The fourth-order valence-corrected chi connectivity index (χ4v) is 4.48. The zero-order valence-electron chi connectivity index (χ0n) is 18.1. The molecule has 9 nitrogen and oxygen atoms in total. The van der Waals surface area contributed by atoms with Crippen molar-refractivity contribution in [2.75, 3.05) is 5.32 Å². The molecule has 36 heavy (non-hydrogen) atoms. The number of halogens is 5. The van der Waals surface area contributed by atoms with Gasteiger partial charge < -0.3 is 10.3 Å². The van der Waals surface area contributed by atoms with E-state index in [1.54, 1.807) is 13.1 Å². The molecule has 0 saturated carbocycles. The molecule has 0 saturated heterocycles. The van der Waals surface area contributed by atoms with Gasteiger partial charge >= 0.3 is 6.18 Å². The highest BCUT2D eigenvalue weighted by atomic mass is 35.5. The van der Waals surface area contributed by atoms with Crippen molar-refractivity contribution in [1.29, 1.82) is 0 Å². The summed E-state index contributed by atoms with van der Waals surface area (Å²) in [7, 11) is 0. The third-order valence-electron chi connectivity index (χ3n) is 4.84. The van der Waals surface area contributed by atoms with Gasteiger partial charge in [0.05, 0.1) is 26.8 Å². The van der Waals surface area contributed by atoms with Crippen LogP contribution in [0.4, 0.5) is 19.0 Å². The fourth-order valence-electron chi connectivity index (χ4n) is 3.11. The molecular weight excluding hydrogens is 542 g/mol. The lowest BCUT2D eigenvalue weighted by atomic mass is 10.0. The van der Waals surface area contributed by atoms with Crippen LogP contribution < -0.4 is 5.32 Å². The fraction of sp³-hybridized carbons (Fsp3) is 0.190. The minimum atomic E-state index is -4.70. The summed E-state index contributed by atoms with van der Waals surface area (Å²) >= 11 is 12.9. The van der Waals surface area contributed by atoms with E-state index < -0.39 is 28.6 Å². The first-order chi connectivity index (χ1) is 17.0. The summed E-state index contributed by atoms with van der Waals surface area (Å²) in [5.74, 6) is -1.41. The lowest BCUT2D eigenvalue weighted by Crippen LogP contribution is -2.13. The van der Waals surface area contributed by atoms with Gasteiger partial charge in [0.2, 0.25) is 0 Å². The molecule has 0 aliphatic carbocycles. The molecule has 0 radical (unpaired) electrons. The maximum Gasteiger partial charge on any atom is 0.418 e. The van der Waals surface area contributed by atoms with E-state index in [1.807, 2.05) is 0 Å². The normalized spacial score (nSPS) is 12.4. The standard InChI is InChI=1S/C21H14Cl2F3N7O2S/c1-9(4-12(34)16-15(23)17(32-8-31-16)18-27-2-3-28-18)20-30-7-13(36-20)19(35)33-14-5-10(21(24,25)26)11(22)6-29-14/h2-3,5-9H,4H2,1H3,(H,27,28)(H,29,33,35)/t9-/m1/s1. The Labute approximate surface area is 215 Å². The number of hydrogen-bond acceptors (Lipinski definition) is 8. The second-order valence-electron chi connectivity index (χ2n) is 7.42. The van der Waals surface area contributed by atoms with Crippen molar-refractivity contribution in [3.63, 3.8) is 0 Å². The van der Waals surface area contributed by atoms with Gasteiger partial charge in [-0.3, -0.25) is 9.59 Å². The van der Waals surface area contributed by atoms with Crippen molar-refractivity contribution in [2.24, 2.45) is 0 Å². The van der Waals surface area contributed by atoms with E-state index in [4.69, 9.17) is 23.2 Å². The highest BCUT2D eigenvalue weighted by Gasteiger charge is 2.34. The molecule has 0 fully saturated rings. The lowest BCUT2D eigenvalue weighted by Gasteiger charge is -2.10. The number of thiazole rings is 1. The van der Waals surface area contributed by atoms with Crippen molar-refractivity contribution in [1.82, 2.24) is 29.9 Å². The van der Waals surface area contributed by atoms with Gasteiger partial charge in [0.15, 0.2) is 11.6 Å². The first-order valence-corrected chi connectivity index (χ1v) is 11.6. The van der Waals surface area contributed by atoms with E-state index in [2.05, 4.69) is 35.2 Å². The zero-order valence-corrected chi connectivity index (χ0v) is 20.4. The minimum Gasteiger partial charge on any atom is -0.343 e. The van der Waals surface area contributed by atoms with Crippen LogP contribution in [0.5, 0.6) is 0 Å². The number of H-pyrrole nitrogens is 1. The molecule has 4 heterocycles. The van der Waals surface area contributed by atoms with Crippen molar-refractivity contribution in [3.05, 3.63) is 68.4 Å². The topological polar surface area (TPSA) is 126 Å². The molecule has 4 aromatic rings. The Morgan fingerprint density at radius 3 is 2.61 bits per heavy atom. The Balaban J connectivity index is 1.45. The van der Waals surface area contributed by atoms with Gasteiger partial charge in [0, 0.05) is 30.9 Å². The Kier molecular flexibility index (Phi) is 7.33. The minimum absolute atomic E-state index is 0.0173. The quantitative estimate of drug-likeness (QED) is 0.281. The average molecular weight is 556 g/mol. The van der Waals surface area contributed by atoms with E-state index >= 15 is 0 Å². The number of hydrogen-bond donors (Lipinski definition) is 2. The predicted molar refractivity (Wildman–Crippen MR) is 126 cm³/mol. The van der Waals surface area contributed by atoms with Gasteiger partial charge in [-0.15, -0.1) is 11.3 Å². The second kappa shape index (κ2) is 10.3. The number of aromatic nitrogens is 6. The van der Waals surface area contributed by atoms with Gasteiger partial charge in [0.25, 0.3) is 5.91 Å². The van der Waals surface area contributed by atoms with Crippen LogP contribution in [0.15, 0.2) is 37.2 Å². The van der Waals surface area contributed by atoms with Gasteiger partial charge in [-0.2, -0.15) is 13.2 Å². The molecule has 186 valence electrons. The number of carbonyl (C=O) groups excluding carboxylic acids is 2. The Bertz CT molecular complexity index is 1430. The third-order valence-corrected chi connectivity index (χ3v) is 6.73. The van der Waals surface area contributed by atoms with Crippen LogP contribution in [0.1, 0.15) is 50.0 Å². The molecule has 0 spiro atoms. The number of Topliss-reactive ketones (excluding diaryl/α,β-unsaturated/α-hetero) is 1. The van der Waals surface area contributed by atoms with Gasteiger partial charge in [0.1, 0.15) is 28.4 Å². The van der Waals surface area contributed by atoms with Gasteiger partial charge in [-0.05, 0) is 6.07 Å². The van der Waals surface area contributed by atoms with E-state index in [1.165, 1.54) is 18.7 Å².